The number of aromatic nitrogens is 2. The molecule has 2 aromatic heterocycles. The number of aliphatic hydroxyl groups is 1. The van der Waals surface area contributed by atoms with E-state index < -0.39 is 0 Å². The van der Waals surface area contributed by atoms with Crippen molar-refractivity contribution in [1.82, 2.24) is 19.2 Å². The van der Waals surface area contributed by atoms with E-state index in [1.807, 2.05) is 34.6 Å². The molecule has 1 N–H and O–H groups in total. The van der Waals surface area contributed by atoms with E-state index in [0.29, 0.717) is 25.3 Å². The second-order valence-corrected chi connectivity index (χ2v) is 6.99. The Morgan fingerprint density at radius 2 is 2.04 bits per heavy atom. The lowest BCUT2D eigenvalue weighted by Gasteiger charge is -2.35. The van der Waals surface area contributed by atoms with Gasteiger partial charge in [-0.3, -0.25) is 9.69 Å². The molecule has 2 aliphatic heterocycles. The number of aryl methyl sites for hydroxylation is 1. The number of carbonyl (C=O) groups is 1. The standard InChI is InChI=1S/C18H24N4O2/c1-13-6-5-9-22-15(12-20-10-14(23)11-20)16(19-17(13)22)18(24)21-7-3-2-4-8-21/h5-6,9,14,23H,2-4,7-8,10-12H2,1H3. The summed E-state index contributed by atoms with van der Waals surface area (Å²) in [6.45, 7) is 5.65. The predicted molar refractivity (Wildman–Crippen MR) is 91.0 cm³/mol. The zero-order valence-electron chi connectivity index (χ0n) is 14.1. The van der Waals surface area contributed by atoms with Crippen LogP contribution < -0.4 is 0 Å². The smallest absolute Gasteiger partial charge is 0.274 e. The van der Waals surface area contributed by atoms with Gasteiger partial charge in [-0.25, -0.2) is 4.98 Å². The Labute approximate surface area is 141 Å². The minimum atomic E-state index is -0.243. The molecule has 2 aromatic rings. The van der Waals surface area contributed by atoms with Crippen molar-refractivity contribution < 1.29 is 9.90 Å². The predicted octanol–water partition coefficient (Wildman–Crippen LogP) is 1.45. The summed E-state index contributed by atoms with van der Waals surface area (Å²) in [6.07, 6.45) is 5.09. The molecule has 6 nitrogen and oxygen atoms in total. The van der Waals surface area contributed by atoms with Crippen LogP contribution in [-0.4, -0.2) is 62.5 Å². The number of rotatable bonds is 3. The van der Waals surface area contributed by atoms with Gasteiger partial charge in [0.2, 0.25) is 0 Å². The number of β-amino-alcohol motifs (C(OH)–C–C–N with tert-alkyl or cyclic N) is 1. The summed E-state index contributed by atoms with van der Waals surface area (Å²) in [5.41, 5.74) is 3.44. The second kappa shape index (κ2) is 6.18. The van der Waals surface area contributed by atoms with Gasteiger partial charge in [-0.05, 0) is 37.8 Å². The number of amides is 1. The maximum atomic E-state index is 13.0. The molecule has 0 bridgehead atoms. The Morgan fingerprint density at radius 1 is 1.29 bits per heavy atom. The number of aliphatic hydroxyl groups excluding tert-OH is 1. The lowest BCUT2D eigenvalue weighted by Crippen LogP contribution is -2.50. The number of nitrogens with zero attached hydrogens (tertiary/aromatic N) is 4. The van der Waals surface area contributed by atoms with Crippen molar-refractivity contribution in [3.05, 3.63) is 35.3 Å². The number of fused-ring (bicyclic) bond motifs is 1. The van der Waals surface area contributed by atoms with Crippen LogP contribution in [0.25, 0.3) is 5.65 Å². The molecule has 0 spiro atoms. The van der Waals surface area contributed by atoms with Gasteiger partial charge in [0, 0.05) is 38.9 Å². The summed E-state index contributed by atoms with van der Waals surface area (Å²) in [5.74, 6) is 0.0499. The third kappa shape index (κ3) is 2.70. The largest absolute Gasteiger partial charge is 0.390 e. The fourth-order valence-corrected chi connectivity index (χ4v) is 3.71. The first-order chi connectivity index (χ1) is 11.6. The molecule has 4 heterocycles. The third-order valence-corrected chi connectivity index (χ3v) is 5.10. The molecule has 0 aliphatic carbocycles. The number of piperidine rings is 1. The molecule has 2 fully saturated rings. The van der Waals surface area contributed by atoms with E-state index in [1.165, 1.54) is 6.42 Å². The van der Waals surface area contributed by atoms with Crippen LogP contribution in [0, 0.1) is 6.92 Å². The minimum Gasteiger partial charge on any atom is -0.390 e. The Hall–Kier alpha value is -1.92. The summed E-state index contributed by atoms with van der Waals surface area (Å²) in [4.78, 5) is 21.8. The first-order valence-corrected chi connectivity index (χ1v) is 8.80. The first-order valence-electron chi connectivity index (χ1n) is 8.80. The average molecular weight is 328 g/mol. The number of carbonyl (C=O) groups excluding carboxylic acids is 1. The van der Waals surface area contributed by atoms with Gasteiger partial charge in [-0.15, -0.1) is 0 Å². The molecule has 0 unspecified atom stereocenters. The molecule has 4 rings (SSSR count). The van der Waals surface area contributed by atoms with E-state index in [4.69, 9.17) is 4.98 Å². The van der Waals surface area contributed by atoms with Crippen LogP contribution in [0.4, 0.5) is 0 Å². The summed E-state index contributed by atoms with van der Waals surface area (Å²) in [6, 6.07) is 4.02. The van der Waals surface area contributed by atoms with Crippen LogP contribution in [0.3, 0.4) is 0 Å². The highest BCUT2D eigenvalue weighted by molar-refractivity contribution is 5.94. The topological polar surface area (TPSA) is 61.1 Å². The third-order valence-electron chi connectivity index (χ3n) is 5.10. The number of hydrogen-bond donors (Lipinski definition) is 1. The quantitative estimate of drug-likeness (QED) is 0.926. The highest BCUT2D eigenvalue weighted by Gasteiger charge is 2.30. The number of imidazole rings is 1. The molecule has 128 valence electrons. The van der Waals surface area contributed by atoms with Crippen LogP contribution in [0.2, 0.25) is 0 Å². The maximum Gasteiger partial charge on any atom is 0.274 e. The van der Waals surface area contributed by atoms with Crippen molar-refractivity contribution in [3.63, 3.8) is 0 Å². The van der Waals surface area contributed by atoms with E-state index in [1.54, 1.807) is 0 Å². The molecule has 1 amide bonds. The first kappa shape index (κ1) is 15.6. The summed E-state index contributed by atoms with van der Waals surface area (Å²) < 4.78 is 2.04. The van der Waals surface area contributed by atoms with Gasteiger partial charge in [0.1, 0.15) is 5.65 Å². The average Bonchev–Trinajstić information content (AvgIpc) is 2.94. The molecule has 0 saturated carbocycles. The van der Waals surface area contributed by atoms with Crippen molar-refractivity contribution in [2.24, 2.45) is 0 Å². The maximum absolute atomic E-state index is 13.0. The van der Waals surface area contributed by atoms with Crippen molar-refractivity contribution in [1.29, 1.82) is 0 Å². The Balaban J connectivity index is 1.72. The van der Waals surface area contributed by atoms with Crippen molar-refractivity contribution >= 4 is 11.6 Å². The van der Waals surface area contributed by atoms with E-state index in [0.717, 1.165) is 42.8 Å². The van der Waals surface area contributed by atoms with Gasteiger partial charge in [0.05, 0.1) is 11.8 Å². The van der Waals surface area contributed by atoms with E-state index in [-0.39, 0.29) is 12.0 Å². The Morgan fingerprint density at radius 3 is 2.75 bits per heavy atom. The number of hydrogen-bond acceptors (Lipinski definition) is 4. The normalized spacial score (nSPS) is 19.7. The van der Waals surface area contributed by atoms with Crippen molar-refractivity contribution in [2.45, 2.75) is 38.8 Å². The van der Waals surface area contributed by atoms with Crippen molar-refractivity contribution in [3.8, 4) is 0 Å². The van der Waals surface area contributed by atoms with E-state index >= 15 is 0 Å². The molecular formula is C18H24N4O2. The number of pyridine rings is 1. The Bertz CT molecular complexity index is 758. The zero-order valence-corrected chi connectivity index (χ0v) is 14.1. The highest BCUT2D eigenvalue weighted by atomic mass is 16.3. The van der Waals surface area contributed by atoms with Gasteiger partial charge >= 0.3 is 0 Å². The minimum absolute atomic E-state index is 0.0499. The van der Waals surface area contributed by atoms with Gasteiger partial charge in [0.25, 0.3) is 5.91 Å². The monoisotopic (exact) mass is 328 g/mol. The molecule has 24 heavy (non-hydrogen) atoms. The lowest BCUT2D eigenvalue weighted by molar-refractivity contribution is -0.00384. The Kier molecular flexibility index (Phi) is 4.02. The van der Waals surface area contributed by atoms with Gasteiger partial charge in [-0.2, -0.15) is 0 Å². The van der Waals surface area contributed by atoms with E-state index in [2.05, 4.69) is 4.90 Å². The lowest BCUT2D eigenvalue weighted by atomic mass is 10.1. The highest BCUT2D eigenvalue weighted by Crippen LogP contribution is 2.22. The van der Waals surface area contributed by atoms with Gasteiger partial charge in [0.15, 0.2) is 5.69 Å². The molecule has 0 atom stereocenters. The SMILES string of the molecule is Cc1cccn2c(CN3CC(O)C3)c(C(=O)N3CCCCC3)nc12. The molecule has 0 aromatic carbocycles. The summed E-state index contributed by atoms with van der Waals surface area (Å²) >= 11 is 0. The molecule has 2 aliphatic rings. The van der Waals surface area contributed by atoms with Crippen LogP contribution in [0.15, 0.2) is 18.3 Å². The molecule has 6 heteroatoms. The fraction of sp³-hybridized carbons (Fsp3) is 0.556. The van der Waals surface area contributed by atoms with E-state index in [9.17, 15) is 9.90 Å². The fourth-order valence-electron chi connectivity index (χ4n) is 3.71. The second-order valence-electron chi connectivity index (χ2n) is 6.99. The zero-order chi connectivity index (χ0) is 16.7. The van der Waals surface area contributed by atoms with Crippen molar-refractivity contribution in [2.75, 3.05) is 26.2 Å². The van der Waals surface area contributed by atoms with Gasteiger partial charge in [-0.1, -0.05) is 6.07 Å². The summed E-state index contributed by atoms with van der Waals surface area (Å²) in [5, 5.41) is 9.55. The van der Waals surface area contributed by atoms with Crippen LogP contribution >= 0.6 is 0 Å². The summed E-state index contributed by atoms with van der Waals surface area (Å²) in [7, 11) is 0. The molecule has 0 radical (unpaired) electrons. The molecular weight excluding hydrogens is 304 g/mol. The molecule has 2 saturated heterocycles. The van der Waals surface area contributed by atoms with Crippen LogP contribution in [-0.2, 0) is 6.54 Å². The van der Waals surface area contributed by atoms with Gasteiger partial charge < -0.3 is 14.4 Å². The van der Waals surface area contributed by atoms with Crippen LogP contribution in [0.5, 0.6) is 0 Å². The van der Waals surface area contributed by atoms with Crippen LogP contribution in [0.1, 0.15) is 41.0 Å². The number of likely N-dealkylation sites (tertiary alicyclic amines) is 2.